The quantitative estimate of drug-likeness (QED) is 0.836. The van der Waals surface area contributed by atoms with Crippen molar-refractivity contribution >= 4 is 24.2 Å². The number of benzene rings is 1. The van der Waals surface area contributed by atoms with Gasteiger partial charge in [-0.2, -0.15) is 12.6 Å². The number of carbonyl (C=O) groups excluding carboxylic acids is 1. The third kappa shape index (κ3) is 3.16. The minimum Gasteiger partial charge on any atom is -0.494 e. The van der Waals surface area contributed by atoms with Crippen molar-refractivity contribution in [3.05, 3.63) is 23.3 Å². The van der Waals surface area contributed by atoms with Crippen LogP contribution in [0.15, 0.2) is 12.1 Å². The summed E-state index contributed by atoms with van der Waals surface area (Å²) in [5.74, 6) is 1.35. The van der Waals surface area contributed by atoms with E-state index < -0.39 is 0 Å². The molecule has 0 N–H and O–H groups in total. The largest absolute Gasteiger partial charge is 0.494 e. The zero-order valence-corrected chi connectivity index (χ0v) is 11.7. The van der Waals surface area contributed by atoms with Crippen molar-refractivity contribution < 1.29 is 9.53 Å². The molecule has 3 nitrogen and oxygen atoms in total. The number of nitrogens with zero attached hydrogens (tertiary/aromatic N) is 1. The second kappa shape index (κ2) is 5.96. The van der Waals surface area contributed by atoms with Crippen molar-refractivity contribution in [2.45, 2.75) is 20.3 Å². The summed E-state index contributed by atoms with van der Waals surface area (Å²) in [5, 5.41) is 0. The lowest BCUT2D eigenvalue weighted by atomic mass is 10.1. The molecule has 0 heterocycles. The van der Waals surface area contributed by atoms with Gasteiger partial charge in [0.15, 0.2) is 0 Å². The second-order valence-corrected chi connectivity index (χ2v) is 4.51. The van der Waals surface area contributed by atoms with E-state index >= 15 is 0 Å². The fourth-order valence-electron chi connectivity index (χ4n) is 1.84. The van der Waals surface area contributed by atoms with Gasteiger partial charge < -0.3 is 9.64 Å². The van der Waals surface area contributed by atoms with Crippen LogP contribution >= 0.6 is 12.6 Å². The van der Waals surface area contributed by atoms with E-state index in [4.69, 9.17) is 4.74 Å². The molecule has 0 bridgehead atoms. The number of methoxy groups -OCH3 is 1. The van der Waals surface area contributed by atoms with Gasteiger partial charge in [0.05, 0.1) is 12.8 Å². The molecule has 0 saturated carbocycles. The van der Waals surface area contributed by atoms with Gasteiger partial charge in [0.2, 0.25) is 5.91 Å². The van der Waals surface area contributed by atoms with E-state index in [9.17, 15) is 4.79 Å². The number of hydrogen-bond donors (Lipinski definition) is 1. The van der Waals surface area contributed by atoms with Gasteiger partial charge in [-0.1, -0.05) is 6.07 Å². The monoisotopic (exact) mass is 253 g/mol. The predicted octanol–water partition coefficient (Wildman–Crippen LogP) is 2.59. The standard InChI is InChI=1S/C13H19NO2S/c1-9-7-10(2)13(16-4)11(8-9)14(3)12(15)5-6-17/h7-8,17H,5-6H2,1-4H3. The molecule has 0 radical (unpaired) electrons. The molecule has 94 valence electrons. The number of thiol groups is 1. The highest BCUT2D eigenvalue weighted by molar-refractivity contribution is 7.80. The molecule has 1 aromatic rings. The predicted molar refractivity (Wildman–Crippen MR) is 74.3 cm³/mol. The summed E-state index contributed by atoms with van der Waals surface area (Å²) in [5.41, 5.74) is 2.97. The number of hydrogen-bond acceptors (Lipinski definition) is 3. The van der Waals surface area contributed by atoms with Gasteiger partial charge in [0.1, 0.15) is 5.75 Å². The van der Waals surface area contributed by atoms with Crippen molar-refractivity contribution in [2.75, 3.05) is 24.8 Å². The Morgan fingerprint density at radius 2 is 2.06 bits per heavy atom. The summed E-state index contributed by atoms with van der Waals surface area (Å²) in [6.45, 7) is 3.99. The third-order valence-electron chi connectivity index (χ3n) is 2.66. The van der Waals surface area contributed by atoms with E-state index in [1.807, 2.05) is 26.0 Å². The van der Waals surface area contributed by atoms with Crippen molar-refractivity contribution in [1.82, 2.24) is 0 Å². The Labute approximate surface area is 108 Å². The molecular weight excluding hydrogens is 234 g/mol. The van der Waals surface area contributed by atoms with Crippen LogP contribution in [0.1, 0.15) is 17.5 Å². The number of aryl methyl sites for hydroxylation is 2. The molecule has 0 aromatic heterocycles. The lowest BCUT2D eigenvalue weighted by molar-refractivity contribution is -0.117. The van der Waals surface area contributed by atoms with Gasteiger partial charge >= 0.3 is 0 Å². The Balaban J connectivity index is 3.15. The molecule has 1 aromatic carbocycles. The maximum atomic E-state index is 11.9. The average molecular weight is 253 g/mol. The zero-order chi connectivity index (χ0) is 13.0. The summed E-state index contributed by atoms with van der Waals surface area (Å²) >= 11 is 4.08. The number of anilines is 1. The Hall–Kier alpha value is -1.16. The minimum atomic E-state index is 0.0447. The van der Waals surface area contributed by atoms with Crippen molar-refractivity contribution in [2.24, 2.45) is 0 Å². The minimum absolute atomic E-state index is 0.0447. The number of ether oxygens (including phenoxy) is 1. The molecule has 0 spiro atoms. The lowest BCUT2D eigenvalue weighted by Crippen LogP contribution is -2.27. The maximum absolute atomic E-state index is 11.9. The third-order valence-corrected chi connectivity index (χ3v) is 2.89. The summed E-state index contributed by atoms with van der Waals surface area (Å²) in [6, 6.07) is 4.00. The molecule has 17 heavy (non-hydrogen) atoms. The Bertz CT molecular complexity index is 418. The SMILES string of the molecule is COc1c(C)cc(C)cc1N(C)C(=O)CCS. The molecule has 0 saturated heterocycles. The van der Waals surface area contributed by atoms with Crippen LogP contribution in [0, 0.1) is 13.8 Å². The van der Waals surface area contributed by atoms with Crippen molar-refractivity contribution in [1.29, 1.82) is 0 Å². The van der Waals surface area contributed by atoms with Gasteiger partial charge in [-0.05, 0) is 36.8 Å². The van der Waals surface area contributed by atoms with E-state index in [2.05, 4.69) is 12.6 Å². The first-order valence-electron chi connectivity index (χ1n) is 5.54. The van der Waals surface area contributed by atoms with Crippen LogP contribution in [0.2, 0.25) is 0 Å². The molecule has 0 unspecified atom stereocenters. The van der Waals surface area contributed by atoms with Crippen LogP contribution in [0.25, 0.3) is 0 Å². The molecule has 1 amide bonds. The molecule has 0 aliphatic heterocycles. The molecule has 4 heteroatoms. The highest BCUT2D eigenvalue weighted by Crippen LogP contribution is 2.32. The fraction of sp³-hybridized carbons (Fsp3) is 0.462. The summed E-state index contributed by atoms with van der Waals surface area (Å²) < 4.78 is 5.37. The van der Waals surface area contributed by atoms with Crippen molar-refractivity contribution in [3.8, 4) is 5.75 Å². The smallest absolute Gasteiger partial charge is 0.227 e. The van der Waals surface area contributed by atoms with Crippen molar-refractivity contribution in [3.63, 3.8) is 0 Å². The molecule has 0 fully saturated rings. The molecule has 0 aliphatic carbocycles. The molecule has 0 aliphatic rings. The highest BCUT2D eigenvalue weighted by atomic mass is 32.1. The molecular formula is C13H19NO2S. The highest BCUT2D eigenvalue weighted by Gasteiger charge is 2.16. The van der Waals surface area contributed by atoms with Gasteiger partial charge in [0, 0.05) is 13.5 Å². The van der Waals surface area contributed by atoms with Crippen LogP contribution in [0.4, 0.5) is 5.69 Å². The van der Waals surface area contributed by atoms with E-state index in [1.165, 1.54) is 0 Å². The van der Waals surface area contributed by atoms with Crippen LogP contribution in [0.5, 0.6) is 5.75 Å². The first kappa shape index (κ1) is 13.9. The van der Waals surface area contributed by atoms with Gasteiger partial charge in [-0.25, -0.2) is 0 Å². The van der Waals surface area contributed by atoms with Crippen LogP contribution in [-0.4, -0.2) is 25.8 Å². The summed E-state index contributed by atoms with van der Waals surface area (Å²) in [6.07, 6.45) is 0.426. The zero-order valence-electron chi connectivity index (χ0n) is 10.8. The average Bonchev–Trinajstić information content (AvgIpc) is 2.27. The first-order valence-corrected chi connectivity index (χ1v) is 6.17. The second-order valence-electron chi connectivity index (χ2n) is 4.06. The van der Waals surface area contributed by atoms with Gasteiger partial charge in [0.25, 0.3) is 0 Å². The normalized spacial score (nSPS) is 10.2. The summed E-state index contributed by atoms with van der Waals surface area (Å²) in [4.78, 5) is 13.5. The Morgan fingerprint density at radius 1 is 1.41 bits per heavy atom. The molecule has 1 rings (SSSR count). The first-order chi connectivity index (χ1) is 8.01. The summed E-state index contributed by atoms with van der Waals surface area (Å²) in [7, 11) is 3.39. The van der Waals surface area contributed by atoms with Crippen LogP contribution < -0.4 is 9.64 Å². The Kier molecular flexibility index (Phi) is 4.87. The number of rotatable bonds is 4. The van der Waals surface area contributed by atoms with Gasteiger partial charge in [-0.3, -0.25) is 4.79 Å². The topological polar surface area (TPSA) is 29.5 Å². The van der Waals surface area contributed by atoms with Gasteiger partial charge in [-0.15, -0.1) is 0 Å². The van der Waals surface area contributed by atoms with E-state index in [0.29, 0.717) is 12.2 Å². The maximum Gasteiger partial charge on any atom is 0.227 e. The molecule has 0 atom stereocenters. The van der Waals surface area contributed by atoms with Crippen LogP contribution in [0.3, 0.4) is 0 Å². The van der Waals surface area contributed by atoms with E-state index in [-0.39, 0.29) is 5.91 Å². The van der Waals surface area contributed by atoms with Crippen LogP contribution in [-0.2, 0) is 4.79 Å². The lowest BCUT2D eigenvalue weighted by Gasteiger charge is -2.21. The fourth-order valence-corrected chi connectivity index (χ4v) is 2.04. The van der Waals surface area contributed by atoms with E-state index in [0.717, 1.165) is 22.6 Å². The number of carbonyl (C=O) groups is 1. The number of amides is 1. The van der Waals surface area contributed by atoms with E-state index in [1.54, 1.807) is 19.1 Å². The Morgan fingerprint density at radius 3 is 2.59 bits per heavy atom.